The molecule has 0 bridgehead atoms. The first-order chi connectivity index (χ1) is 9.13. The summed E-state index contributed by atoms with van der Waals surface area (Å²) in [7, 11) is 0. The summed E-state index contributed by atoms with van der Waals surface area (Å²) in [4.78, 5) is 1.21. The number of hydrogen-bond acceptors (Lipinski definition) is 5. The number of rotatable bonds is 6. The smallest absolute Gasteiger partial charge is 0.179 e. The van der Waals surface area contributed by atoms with E-state index in [1.807, 2.05) is 6.92 Å². The summed E-state index contributed by atoms with van der Waals surface area (Å²) in [5, 5.41) is 12.6. The Morgan fingerprint density at radius 1 is 1.21 bits per heavy atom. The minimum Gasteiger partial charge on any atom is -0.312 e. The molecule has 1 N–H and O–H groups in total. The maximum absolute atomic E-state index is 4.12. The summed E-state index contributed by atoms with van der Waals surface area (Å²) in [6.45, 7) is 8.40. The Morgan fingerprint density at radius 3 is 2.53 bits per heavy atom. The van der Waals surface area contributed by atoms with Gasteiger partial charge in [0.1, 0.15) is 5.01 Å². The van der Waals surface area contributed by atoms with E-state index < -0.39 is 0 Å². The van der Waals surface area contributed by atoms with Crippen molar-refractivity contribution in [3.8, 4) is 0 Å². The molecular weight excluding hydrogens is 274 g/mol. The van der Waals surface area contributed by atoms with E-state index in [-0.39, 0.29) is 0 Å². The van der Waals surface area contributed by atoms with Crippen LogP contribution in [0.15, 0.2) is 33.5 Å². The lowest BCUT2D eigenvalue weighted by atomic mass is 10.2. The highest BCUT2D eigenvalue weighted by Gasteiger charge is 2.03. The summed E-state index contributed by atoms with van der Waals surface area (Å²) < 4.78 is 1.00. The topological polar surface area (TPSA) is 37.8 Å². The zero-order valence-electron chi connectivity index (χ0n) is 11.5. The van der Waals surface area contributed by atoms with Crippen LogP contribution in [0.1, 0.15) is 24.4 Å². The van der Waals surface area contributed by atoms with Gasteiger partial charge in [-0.25, -0.2) is 0 Å². The molecule has 0 unspecified atom stereocenters. The molecule has 19 heavy (non-hydrogen) atoms. The van der Waals surface area contributed by atoms with Gasteiger partial charge in [-0.2, -0.15) is 0 Å². The van der Waals surface area contributed by atoms with E-state index in [0.717, 1.165) is 22.4 Å². The van der Waals surface area contributed by atoms with Gasteiger partial charge in [0, 0.05) is 11.4 Å². The second kappa shape index (κ2) is 7.03. The van der Waals surface area contributed by atoms with Crippen molar-refractivity contribution in [3.05, 3.63) is 34.8 Å². The van der Waals surface area contributed by atoms with Gasteiger partial charge >= 0.3 is 0 Å². The molecule has 3 nitrogen and oxygen atoms in total. The molecule has 0 fully saturated rings. The Morgan fingerprint density at radius 2 is 1.95 bits per heavy atom. The van der Waals surface area contributed by atoms with Gasteiger partial charge in [-0.05, 0) is 37.1 Å². The predicted octanol–water partition coefficient (Wildman–Crippen LogP) is 3.74. The first-order valence-corrected chi connectivity index (χ1v) is 8.04. The summed E-state index contributed by atoms with van der Waals surface area (Å²) in [6.07, 6.45) is 0. The Hall–Kier alpha value is -0.910. The quantitative estimate of drug-likeness (QED) is 0.880. The van der Waals surface area contributed by atoms with E-state index >= 15 is 0 Å². The molecule has 1 heterocycles. The number of aryl methyl sites for hydroxylation is 1. The molecule has 0 spiro atoms. The third kappa shape index (κ3) is 4.93. The van der Waals surface area contributed by atoms with Crippen molar-refractivity contribution < 1.29 is 0 Å². The van der Waals surface area contributed by atoms with Crippen molar-refractivity contribution in [2.45, 2.75) is 36.6 Å². The van der Waals surface area contributed by atoms with Crippen molar-refractivity contribution >= 4 is 23.1 Å². The molecule has 0 aliphatic carbocycles. The summed E-state index contributed by atoms with van der Waals surface area (Å²) in [5.41, 5.74) is 1.32. The van der Waals surface area contributed by atoms with Gasteiger partial charge in [-0.1, -0.05) is 49.1 Å². The average molecular weight is 293 g/mol. The highest BCUT2D eigenvalue weighted by atomic mass is 32.2. The minimum absolute atomic E-state index is 0.690. The fourth-order valence-electron chi connectivity index (χ4n) is 1.60. The SMILES string of the molecule is Cc1nnc(Sc2ccc(CNCC(C)C)cc2)s1. The molecule has 0 aliphatic rings. The fraction of sp³-hybridized carbons (Fsp3) is 0.429. The molecule has 0 saturated heterocycles. The molecule has 2 aromatic rings. The number of nitrogens with zero attached hydrogens (tertiary/aromatic N) is 2. The Bertz CT molecular complexity index is 506. The Kier molecular flexibility index (Phi) is 5.36. The van der Waals surface area contributed by atoms with Crippen LogP contribution in [0.4, 0.5) is 0 Å². The van der Waals surface area contributed by atoms with Gasteiger partial charge in [-0.3, -0.25) is 0 Å². The molecule has 0 atom stereocenters. The van der Waals surface area contributed by atoms with Crippen LogP contribution in [-0.2, 0) is 6.54 Å². The second-order valence-corrected chi connectivity index (χ2v) is 7.36. The van der Waals surface area contributed by atoms with Gasteiger partial charge in [0.2, 0.25) is 0 Å². The largest absolute Gasteiger partial charge is 0.312 e. The summed E-state index contributed by atoms with van der Waals surface area (Å²) in [6, 6.07) is 8.63. The predicted molar refractivity (Wildman–Crippen MR) is 81.8 cm³/mol. The molecular formula is C14H19N3S2. The van der Waals surface area contributed by atoms with Crippen molar-refractivity contribution in [1.82, 2.24) is 15.5 Å². The van der Waals surface area contributed by atoms with E-state index in [4.69, 9.17) is 0 Å². The lowest BCUT2D eigenvalue weighted by molar-refractivity contribution is 0.552. The van der Waals surface area contributed by atoms with Crippen LogP contribution in [0.25, 0.3) is 0 Å². The number of benzene rings is 1. The monoisotopic (exact) mass is 293 g/mol. The van der Waals surface area contributed by atoms with Gasteiger partial charge in [-0.15, -0.1) is 10.2 Å². The number of hydrogen-bond donors (Lipinski definition) is 1. The average Bonchev–Trinajstić information content (AvgIpc) is 2.77. The molecule has 0 radical (unpaired) electrons. The third-order valence-electron chi connectivity index (χ3n) is 2.52. The molecule has 0 aliphatic heterocycles. The van der Waals surface area contributed by atoms with Crippen LogP contribution < -0.4 is 5.32 Å². The highest BCUT2D eigenvalue weighted by Crippen LogP contribution is 2.29. The molecule has 0 saturated carbocycles. The van der Waals surface area contributed by atoms with Crippen molar-refractivity contribution in [2.24, 2.45) is 5.92 Å². The van der Waals surface area contributed by atoms with Crippen molar-refractivity contribution in [2.75, 3.05) is 6.54 Å². The first kappa shape index (κ1) is 14.5. The van der Waals surface area contributed by atoms with Crippen LogP contribution in [0.5, 0.6) is 0 Å². The maximum Gasteiger partial charge on any atom is 0.179 e. The summed E-state index contributed by atoms with van der Waals surface area (Å²) >= 11 is 3.30. The van der Waals surface area contributed by atoms with Crippen molar-refractivity contribution in [1.29, 1.82) is 0 Å². The molecule has 0 amide bonds. The molecule has 1 aromatic heterocycles. The molecule has 5 heteroatoms. The zero-order chi connectivity index (χ0) is 13.7. The standard InChI is InChI=1S/C14H19N3S2/c1-10(2)8-15-9-12-4-6-13(7-5-12)19-14-17-16-11(3)18-14/h4-7,10,15H,8-9H2,1-3H3. The maximum atomic E-state index is 4.12. The third-order valence-corrected chi connectivity index (χ3v) is 4.42. The fourth-order valence-corrected chi connectivity index (χ4v) is 3.39. The lowest BCUT2D eigenvalue weighted by Crippen LogP contribution is -2.18. The minimum atomic E-state index is 0.690. The van der Waals surface area contributed by atoms with E-state index in [1.165, 1.54) is 10.5 Å². The molecule has 102 valence electrons. The van der Waals surface area contributed by atoms with E-state index in [2.05, 4.69) is 53.6 Å². The zero-order valence-corrected chi connectivity index (χ0v) is 13.1. The van der Waals surface area contributed by atoms with Crippen LogP contribution in [-0.4, -0.2) is 16.7 Å². The Balaban J connectivity index is 1.87. The first-order valence-electron chi connectivity index (χ1n) is 6.41. The van der Waals surface area contributed by atoms with Crippen LogP contribution >= 0.6 is 23.1 Å². The lowest BCUT2D eigenvalue weighted by Gasteiger charge is -2.07. The molecule has 2 rings (SSSR count). The highest BCUT2D eigenvalue weighted by molar-refractivity contribution is 8.01. The van der Waals surface area contributed by atoms with E-state index in [9.17, 15) is 0 Å². The number of aromatic nitrogens is 2. The normalized spacial score (nSPS) is 11.2. The van der Waals surface area contributed by atoms with Gasteiger partial charge in [0.15, 0.2) is 4.34 Å². The van der Waals surface area contributed by atoms with Crippen molar-refractivity contribution in [3.63, 3.8) is 0 Å². The van der Waals surface area contributed by atoms with Gasteiger partial charge in [0.05, 0.1) is 0 Å². The van der Waals surface area contributed by atoms with Crippen LogP contribution in [0.3, 0.4) is 0 Å². The van der Waals surface area contributed by atoms with E-state index in [1.54, 1.807) is 23.1 Å². The van der Waals surface area contributed by atoms with Gasteiger partial charge in [0.25, 0.3) is 0 Å². The number of nitrogens with one attached hydrogen (secondary N) is 1. The van der Waals surface area contributed by atoms with Gasteiger partial charge < -0.3 is 5.32 Å². The van der Waals surface area contributed by atoms with Crippen LogP contribution in [0, 0.1) is 12.8 Å². The second-order valence-electron chi connectivity index (χ2n) is 4.86. The molecule has 1 aromatic carbocycles. The summed E-state index contributed by atoms with van der Waals surface area (Å²) in [5.74, 6) is 0.690. The Labute approximate surface area is 122 Å². The van der Waals surface area contributed by atoms with E-state index in [0.29, 0.717) is 5.92 Å². The van der Waals surface area contributed by atoms with Crippen LogP contribution in [0.2, 0.25) is 0 Å².